The van der Waals surface area contributed by atoms with Crippen molar-refractivity contribution in [3.63, 3.8) is 0 Å². The van der Waals surface area contributed by atoms with Crippen molar-refractivity contribution in [3.8, 4) is 0 Å². The van der Waals surface area contributed by atoms with E-state index in [0.717, 1.165) is 65.4 Å². The van der Waals surface area contributed by atoms with Gasteiger partial charge < -0.3 is 5.11 Å². The van der Waals surface area contributed by atoms with E-state index in [4.69, 9.17) is 50.6 Å². The molecule has 2 fully saturated rings. The summed E-state index contributed by atoms with van der Waals surface area (Å²) < 4.78 is 8.34. The highest BCUT2D eigenvalue weighted by molar-refractivity contribution is 8.26. The summed E-state index contributed by atoms with van der Waals surface area (Å²) in [4.78, 5) is 9.88. The number of rotatable bonds is 10. The maximum Gasteiger partial charge on any atom is 0.211 e. The Hall–Kier alpha value is -1.43. The van der Waals surface area contributed by atoms with Gasteiger partial charge in [0.25, 0.3) is 0 Å². The Balaban J connectivity index is 0.000000233. The lowest BCUT2D eigenvalue weighted by Crippen LogP contribution is -2.53. The molecule has 0 spiro atoms. The number of benzene rings is 4. The first-order chi connectivity index (χ1) is 25.2. The Bertz CT molecular complexity index is 1390. The number of hydrogen-bond acceptors (Lipinski definition) is 6. The van der Waals surface area contributed by atoms with Crippen LogP contribution in [0.2, 0.25) is 0 Å². The third-order valence-corrected chi connectivity index (χ3v) is 9.08. The summed E-state index contributed by atoms with van der Waals surface area (Å²) in [6, 6.07) is 43.1. The van der Waals surface area contributed by atoms with Crippen LogP contribution in [0.25, 0.3) is 0 Å². The molecule has 2 saturated heterocycles. The standard InChI is InChI=1S/C19H23ClN2.C19H24N2O.CHCl3.Cl2OS/c20-13-19-16-21(14-17-7-3-1-4-8-17)11-12-22(19)15-18-9-5-2-6-10-18;22-16-19-15-20(13-17-7-3-1-4-8-17)11-12-21(19)14-18-9-5-2-6-10-18;2-1(3)4;1-4(2)3/h1-10,19H,11-16H2;1-10,19,22H,11-16H2;1H;. The molecular weight excluding hydrogens is 801 g/mol. The van der Waals surface area contributed by atoms with Crippen LogP contribution in [0.5, 0.6) is 0 Å². The highest BCUT2D eigenvalue weighted by Gasteiger charge is 2.27. The van der Waals surface area contributed by atoms with Crippen LogP contribution in [-0.2, 0) is 35.4 Å². The summed E-state index contributed by atoms with van der Waals surface area (Å²) >= 11 is 20.7. The Morgan fingerprint density at radius 2 is 0.846 bits per heavy atom. The summed E-state index contributed by atoms with van der Waals surface area (Å²) in [5.41, 5.74) is 5.41. The zero-order chi connectivity index (χ0) is 37.6. The molecular formula is C39H48Cl6N4O2S. The van der Waals surface area contributed by atoms with E-state index in [1.165, 1.54) is 22.3 Å². The van der Waals surface area contributed by atoms with Crippen LogP contribution in [0.3, 0.4) is 0 Å². The normalized spacial score (nSPS) is 18.4. The molecule has 2 atom stereocenters. The van der Waals surface area contributed by atoms with Crippen LogP contribution in [0.15, 0.2) is 121 Å². The van der Waals surface area contributed by atoms with E-state index in [2.05, 4.69) is 156 Å². The first-order valence-electron chi connectivity index (χ1n) is 17.1. The van der Waals surface area contributed by atoms with Gasteiger partial charge in [0, 0.05) is 105 Å². The van der Waals surface area contributed by atoms with Crippen LogP contribution >= 0.6 is 67.8 Å². The summed E-state index contributed by atoms with van der Waals surface area (Å²) in [5.74, 6) is 0.693. The highest BCUT2D eigenvalue weighted by atomic mass is 36.0. The van der Waals surface area contributed by atoms with E-state index >= 15 is 0 Å². The molecule has 52 heavy (non-hydrogen) atoms. The second kappa shape index (κ2) is 26.4. The lowest BCUT2D eigenvalue weighted by atomic mass is 10.1. The Labute approximate surface area is 341 Å². The molecule has 4 aromatic carbocycles. The zero-order valence-electron chi connectivity index (χ0n) is 29.1. The van der Waals surface area contributed by atoms with Gasteiger partial charge in [0.15, 0.2) is 4.30 Å². The molecule has 2 unspecified atom stereocenters. The second-order valence-corrected chi connectivity index (χ2v) is 17.2. The lowest BCUT2D eigenvalue weighted by Gasteiger charge is -2.40. The molecule has 6 rings (SSSR count). The van der Waals surface area contributed by atoms with Crippen LogP contribution in [0.1, 0.15) is 22.3 Å². The van der Waals surface area contributed by atoms with E-state index in [9.17, 15) is 5.11 Å². The monoisotopic (exact) mass is 846 g/mol. The van der Waals surface area contributed by atoms with E-state index in [0.29, 0.717) is 11.9 Å². The van der Waals surface area contributed by atoms with Crippen molar-refractivity contribution >= 4 is 77.0 Å². The first-order valence-corrected chi connectivity index (χ1v) is 21.7. The highest BCUT2D eigenvalue weighted by Crippen LogP contribution is 2.18. The molecule has 4 aromatic rings. The van der Waals surface area contributed by atoms with E-state index in [1.54, 1.807) is 0 Å². The molecule has 0 radical (unpaired) electrons. The smallest absolute Gasteiger partial charge is 0.211 e. The van der Waals surface area contributed by atoms with Crippen molar-refractivity contribution < 1.29 is 9.32 Å². The van der Waals surface area contributed by atoms with Crippen molar-refractivity contribution in [3.05, 3.63) is 144 Å². The Morgan fingerprint density at radius 3 is 1.15 bits per heavy atom. The van der Waals surface area contributed by atoms with Crippen molar-refractivity contribution in [1.29, 1.82) is 0 Å². The number of halogens is 6. The molecule has 1 N–H and O–H groups in total. The van der Waals surface area contributed by atoms with Crippen LogP contribution in [-0.4, -0.2) is 97.0 Å². The van der Waals surface area contributed by atoms with E-state index < -0.39 is 13.5 Å². The third kappa shape index (κ3) is 18.7. The quantitative estimate of drug-likeness (QED) is 0.127. The van der Waals surface area contributed by atoms with Gasteiger partial charge in [-0.3, -0.25) is 19.6 Å². The molecule has 2 heterocycles. The minimum absolute atomic E-state index is 0.220. The van der Waals surface area contributed by atoms with E-state index in [1.807, 2.05) is 6.07 Å². The fraction of sp³-hybridized carbons (Fsp3) is 0.385. The van der Waals surface area contributed by atoms with Gasteiger partial charge >= 0.3 is 0 Å². The molecule has 284 valence electrons. The number of hydrogen-bond donors (Lipinski definition) is 1. The predicted molar refractivity (Wildman–Crippen MR) is 224 cm³/mol. The predicted octanol–water partition coefficient (Wildman–Crippen LogP) is 9.01. The number of alkyl halides is 4. The topological polar surface area (TPSA) is 50.3 Å². The summed E-state index contributed by atoms with van der Waals surface area (Å²) in [6.45, 7) is 10.4. The van der Waals surface area contributed by atoms with Gasteiger partial charge in [-0.25, -0.2) is 4.21 Å². The minimum atomic E-state index is -1.67. The maximum absolute atomic E-state index is 9.75. The van der Waals surface area contributed by atoms with Crippen LogP contribution in [0, 0.1) is 0 Å². The van der Waals surface area contributed by atoms with Gasteiger partial charge in [-0.2, -0.15) is 0 Å². The van der Waals surface area contributed by atoms with Crippen LogP contribution < -0.4 is 0 Å². The minimum Gasteiger partial charge on any atom is -0.395 e. The largest absolute Gasteiger partial charge is 0.395 e. The number of aliphatic hydroxyl groups excluding tert-OH is 1. The fourth-order valence-electron chi connectivity index (χ4n) is 6.26. The van der Waals surface area contributed by atoms with Gasteiger partial charge in [-0.1, -0.05) is 156 Å². The van der Waals surface area contributed by atoms with Crippen molar-refractivity contribution in [2.24, 2.45) is 0 Å². The molecule has 0 bridgehead atoms. The van der Waals surface area contributed by atoms with Gasteiger partial charge in [-0.15, -0.1) is 11.6 Å². The average Bonchev–Trinajstić information content (AvgIpc) is 3.14. The molecule has 6 nitrogen and oxygen atoms in total. The fourth-order valence-corrected chi connectivity index (χ4v) is 6.55. The van der Waals surface area contributed by atoms with E-state index in [-0.39, 0.29) is 12.6 Å². The van der Waals surface area contributed by atoms with Gasteiger partial charge in [-0.05, 0) is 22.3 Å². The number of piperazine rings is 2. The Morgan fingerprint density at radius 1 is 0.558 bits per heavy atom. The lowest BCUT2D eigenvalue weighted by molar-refractivity contribution is 0.0316. The molecule has 2 aliphatic rings. The molecule has 0 aliphatic carbocycles. The van der Waals surface area contributed by atoms with Gasteiger partial charge in [0.2, 0.25) is 9.23 Å². The third-order valence-electron chi connectivity index (χ3n) is 8.72. The molecule has 0 aromatic heterocycles. The van der Waals surface area contributed by atoms with Crippen molar-refractivity contribution in [2.75, 3.05) is 51.8 Å². The summed E-state index contributed by atoms with van der Waals surface area (Å²) in [6.07, 6.45) is 0. The SMILES string of the molecule is ClC(Cl)Cl.ClCC1CN(Cc2ccccc2)CCN1Cc1ccccc1.O=S(Cl)Cl.OCC1CN(Cc2ccccc2)CCN1Cc1ccccc1. The first kappa shape index (κ1) is 45.0. The Kier molecular flexibility index (Phi) is 22.8. The molecule has 2 aliphatic heterocycles. The van der Waals surface area contributed by atoms with Crippen molar-refractivity contribution in [1.82, 2.24) is 19.6 Å². The van der Waals surface area contributed by atoms with Gasteiger partial charge in [0.05, 0.1) is 6.61 Å². The second-order valence-electron chi connectivity index (χ2n) is 12.4. The zero-order valence-corrected chi connectivity index (χ0v) is 34.4. The molecule has 0 amide bonds. The maximum atomic E-state index is 9.75. The van der Waals surface area contributed by atoms with Gasteiger partial charge in [0.1, 0.15) is 0 Å². The number of aliphatic hydroxyl groups is 1. The number of nitrogens with zero attached hydrogens (tertiary/aromatic N) is 4. The summed E-state index contributed by atoms with van der Waals surface area (Å²) in [5, 5.41) is 9.75. The average molecular weight is 850 g/mol. The summed E-state index contributed by atoms with van der Waals surface area (Å²) in [7, 11) is 7.36. The molecule has 0 saturated carbocycles. The van der Waals surface area contributed by atoms with Crippen LogP contribution in [0.4, 0.5) is 0 Å². The molecule has 13 heteroatoms. The van der Waals surface area contributed by atoms with Crippen molar-refractivity contribution in [2.45, 2.75) is 42.6 Å².